The molecule has 0 bridgehead atoms. The monoisotopic (exact) mass is 140 g/mol. The van der Waals surface area contributed by atoms with Gasteiger partial charge in [0, 0.05) is 12.8 Å². The van der Waals surface area contributed by atoms with Gasteiger partial charge in [-0.1, -0.05) is 0 Å². The number of quaternary nitrogens is 1. The van der Waals surface area contributed by atoms with Crippen LogP contribution in [0.5, 0.6) is 0 Å². The van der Waals surface area contributed by atoms with E-state index in [0.717, 1.165) is 23.7 Å². The van der Waals surface area contributed by atoms with E-state index in [1.54, 1.807) is 0 Å². The standard InChI is InChI=1S/C8H14NO/c1-9(4-5-9)8-2-6-10-7-3-8/h4-5,8H,2-3,6-7H2,1H3/q+1. The van der Waals surface area contributed by atoms with Gasteiger partial charge in [0.05, 0.1) is 20.3 Å². The lowest BCUT2D eigenvalue weighted by atomic mass is 10.1. The summed E-state index contributed by atoms with van der Waals surface area (Å²) in [6, 6.07) is 0.814. The molecule has 1 saturated heterocycles. The van der Waals surface area contributed by atoms with Gasteiger partial charge in [-0.05, 0) is 0 Å². The summed E-state index contributed by atoms with van der Waals surface area (Å²) in [6.07, 6.45) is 6.97. The first-order valence-electron chi connectivity index (χ1n) is 3.95. The smallest absolute Gasteiger partial charge is 0.155 e. The molecule has 0 radical (unpaired) electrons. The zero-order chi connectivity index (χ0) is 7.03. The van der Waals surface area contributed by atoms with E-state index in [9.17, 15) is 0 Å². The Morgan fingerprint density at radius 1 is 1.30 bits per heavy atom. The second kappa shape index (κ2) is 2.07. The summed E-state index contributed by atoms with van der Waals surface area (Å²) in [7, 11) is 2.26. The third kappa shape index (κ3) is 0.976. The van der Waals surface area contributed by atoms with Crippen molar-refractivity contribution < 1.29 is 9.22 Å². The molecule has 56 valence electrons. The molecule has 0 aromatic rings. The highest BCUT2D eigenvalue weighted by Crippen LogP contribution is 2.30. The molecule has 2 heterocycles. The largest absolute Gasteiger partial charge is 0.381 e. The molecule has 0 atom stereocenters. The van der Waals surface area contributed by atoms with Gasteiger partial charge in [0.25, 0.3) is 0 Å². The average molecular weight is 140 g/mol. The van der Waals surface area contributed by atoms with Crippen LogP contribution in [0.1, 0.15) is 12.8 Å². The maximum atomic E-state index is 5.28. The zero-order valence-corrected chi connectivity index (χ0v) is 6.42. The molecule has 0 aromatic heterocycles. The van der Waals surface area contributed by atoms with Crippen LogP contribution < -0.4 is 0 Å². The van der Waals surface area contributed by atoms with E-state index in [0.29, 0.717) is 0 Å². The van der Waals surface area contributed by atoms with Crippen molar-refractivity contribution in [2.75, 3.05) is 20.3 Å². The van der Waals surface area contributed by atoms with Crippen LogP contribution in [0.25, 0.3) is 0 Å². The van der Waals surface area contributed by atoms with Gasteiger partial charge in [-0.15, -0.1) is 0 Å². The van der Waals surface area contributed by atoms with Crippen LogP contribution in [0.2, 0.25) is 0 Å². The first-order chi connectivity index (χ1) is 4.81. The van der Waals surface area contributed by atoms with Gasteiger partial charge >= 0.3 is 0 Å². The highest BCUT2D eigenvalue weighted by Gasteiger charge is 2.38. The van der Waals surface area contributed by atoms with E-state index in [-0.39, 0.29) is 0 Å². The molecular formula is C8H14NO+. The lowest BCUT2D eigenvalue weighted by Gasteiger charge is -2.27. The van der Waals surface area contributed by atoms with Crippen LogP contribution >= 0.6 is 0 Å². The molecular weight excluding hydrogens is 126 g/mol. The summed E-state index contributed by atoms with van der Waals surface area (Å²) in [5, 5.41) is 0. The second-order valence-electron chi connectivity index (χ2n) is 3.36. The molecule has 2 aliphatic rings. The van der Waals surface area contributed by atoms with E-state index in [1.807, 2.05) is 0 Å². The minimum Gasteiger partial charge on any atom is -0.381 e. The molecule has 2 nitrogen and oxygen atoms in total. The Morgan fingerprint density at radius 3 is 2.40 bits per heavy atom. The number of rotatable bonds is 1. The summed E-state index contributed by atoms with van der Waals surface area (Å²) in [6.45, 7) is 1.92. The van der Waals surface area contributed by atoms with Crippen LogP contribution in [0.15, 0.2) is 12.4 Å². The predicted octanol–water partition coefficient (Wildman–Crippen LogP) is 1.10. The van der Waals surface area contributed by atoms with Crippen molar-refractivity contribution in [1.29, 1.82) is 0 Å². The summed E-state index contributed by atoms with van der Waals surface area (Å²) < 4.78 is 6.37. The fraction of sp³-hybridized carbons (Fsp3) is 0.750. The Labute approximate surface area is 61.7 Å². The van der Waals surface area contributed by atoms with Crippen LogP contribution in [-0.2, 0) is 4.74 Å². The molecule has 0 aliphatic carbocycles. The highest BCUT2D eigenvalue weighted by atomic mass is 16.5. The molecule has 1 fully saturated rings. The average Bonchev–Trinajstić information content (AvgIpc) is 2.72. The van der Waals surface area contributed by atoms with Crippen LogP contribution in [0, 0.1) is 0 Å². The molecule has 2 aliphatic heterocycles. The van der Waals surface area contributed by atoms with Crippen LogP contribution in [0.4, 0.5) is 0 Å². The summed E-state index contributed by atoms with van der Waals surface area (Å²) >= 11 is 0. The van der Waals surface area contributed by atoms with Crippen molar-refractivity contribution in [3.63, 3.8) is 0 Å². The van der Waals surface area contributed by atoms with Gasteiger partial charge in [0.2, 0.25) is 0 Å². The number of ether oxygens (including phenoxy) is 1. The number of hydrogen-bond acceptors (Lipinski definition) is 1. The minimum atomic E-state index is 0.814. The van der Waals surface area contributed by atoms with E-state index >= 15 is 0 Å². The molecule has 2 heteroatoms. The van der Waals surface area contributed by atoms with Crippen molar-refractivity contribution in [3.8, 4) is 0 Å². The normalized spacial score (nSPS) is 30.5. The van der Waals surface area contributed by atoms with Crippen molar-refractivity contribution in [2.45, 2.75) is 18.9 Å². The molecule has 0 aromatic carbocycles. The molecule has 0 spiro atoms. The van der Waals surface area contributed by atoms with Gasteiger partial charge in [0.1, 0.15) is 6.04 Å². The fourth-order valence-corrected chi connectivity index (χ4v) is 1.59. The molecule has 0 unspecified atom stereocenters. The molecule has 0 N–H and O–H groups in total. The van der Waals surface area contributed by atoms with Gasteiger partial charge in [-0.2, -0.15) is 0 Å². The van der Waals surface area contributed by atoms with Crippen molar-refractivity contribution in [3.05, 3.63) is 12.4 Å². The van der Waals surface area contributed by atoms with Gasteiger partial charge in [-0.25, -0.2) is 0 Å². The third-order valence-electron chi connectivity index (χ3n) is 2.60. The van der Waals surface area contributed by atoms with E-state index in [4.69, 9.17) is 4.74 Å². The Kier molecular flexibility index (Phi) is 1.32. The minimum absolute atomic E-state index is 0.814. The molecule has 0 saturated carbocycles. The SMILES string of the molecule is C[N+]1(C2CCOCC2)C=C1. The van der Waals surface area contributed by atoms with Gasteiger partial charge in [-0.3, -0.25) is 4.48 Å². The molecule has 10 heavy (non-hydrogen) atoms. The maximum absolute atomic E-state index is 5.28. The number of nitrogens with zero attached hydrogens (tertiary/aromatic N) is 1. The van der Waals surface area contributed by atoms with Gasteiger partial charge < -0.3 is 4.74 Å². The third-order valence-corrected chi connectivity index (χ3v) is 2.60. The predicted molar refractivity (Wildman–Crippen MR) is 39.2 cm³/mol. The Hall–Kier alpha value is -0.340. The van der Waals surface area contributed by atoms with Crippen molar-refractivity contribution in [2.24, 2.45) is 0 Å². The van der Waals surface area contributed by atoms with Crippen molar-refractivity contribution in [1.82, 2.24) is 0 Å². The lowest BCUT2D eigenvalue weighted by molar-refractivity contribution is -0.778. The highest BCUT2D eigenvalue weighted by molar-refractivity contribution is 4.87. The Bertz CT molecular complexity index is 153. The Balaban J connectivity index is 1.91. The lowest BCUT2D eigenvalue weighted by Crippen LogP contribution is -2.38. The van der Waals surface area contributed by atoms with E-state index < -0.39 is 0 Å². The maximum Gasteiger partial charge on any atom is 0.155 e. The fourth-order valence-electron chi connectivity index (χ4n) is 1.59. The van der Waals surface area contributed by atoms with Crippen LogP contribution in [0.3, 0.4) is 0 Å². The van der Waals surface area contributed by atoms with E-state index in [2.05, 4.69) is 19.4 Å². The summed E-state index contributed by atoms with van der Waals surface area (Å²) in [5.41, 5.74) is 0. The quantitative estimate of drug-likeness (QED) is 0.495. The summed E-state index contributed by atoms with van der Waals surface area (Å²) in [4.78, 5) is 0. The number of hydrogen-bond donors (Lipinski definition) is 0. The first-order valence-corrected chi connectivity index (χ1v) is 3.95. The van der Waals surface area contributed by atoms with Crippen LogP contribution in [-0.4, -0.2) is 30.8 Å². The second-order valence-corrected chi connectivity index (χ2v) is 3.36. The first kappa shape index (κ1) is 6.38. The van der Waals surface area contributed by atoms with Gasteiger partial charge in [0.15, 0.2) is 12.4 Å². The van der Waals surface area contributed by atoms with E-state index in [1.165, 1.54) is 12.8 Å². The molecule has 0 amide bonds. The zero-order valence-electron chi connectivity index (χ0n) is 6.42. The molecule has 2 rings (SSSR count). The van der Waals surface area contributed by atoms with Crippen molar-refractivity contribution >= 4 is 0 Å². The summed E-state index contributed by atoms with van der Waals surface area (Å²) in [5.74, 6) is 0. The topological polar surface area (TPSA) is 9.23 Å². The Morgan fingerprint density at radius 2 is 1.90 bits per heavy atom.